The van der Waals surface area contributed by atoms with Crippen molar-refractivity contribution in [2.75, 3.05) is 45.9 Å². The molecular formula is C22H30F6N4O6. The molecule has 3 heterocycles. The van der Waals surface area contributed by atoms with Gasteiger partial charge >= 0.3 is 24.3 Å². The van der Waals surface area contributed by atoms with Gasteiger partial charge in [-0.2, -0.15) is 26.3 Å². The Bertz CT molecular complexity index is 849. The Hall–Kier alpha value is -2.98. The SMILES string of the molecule is O=C(CCN1CCOCC1)NC1(Cc2ccccn2)CCNCC1.O=C(O)C(F)(F)F.O=C(O)C(F)(F)F. The fourth-order valence-electron chi connectivity index (χ4n) is 3.54. The van der Waals surface area contributed by atoms with E-state index in [1.165, 1.54) is 0 Å². The summed E-state index contributed by atoms with van der Waals surface area (Å²) in [6.45, 7) is 6.10. The molecule has 38 heavy (non-hydrogen) atoms. The number of carbonyl (C=O) groups is 3. The molecule has 2 fully saturated rings. The van der Waals surface area contributed by atoms with Gasteiger partial charge in [0.05, 0.1) is 13.2 Å². The summed E-state index contributed by atoms with van der Waals surface area (Å²) < 4.78 is 68.8. The van der Waals surface area contributed by atoms with Gasteiger partial charge in [0.15, 0.2) is 0 Å². The smallest absolute Gasteiger partial charge is 0.475 e. The summed E-state index contributed by atoms with van der Waals surface area (Å²) in [5.41, 5.74) is 0.884. The van der Waals surface area contributed by atoms with E-state index in [0.717, 1.165) is 70.9 Å². The number of carboxylic acid groups (broad SMARTS) is 2. The molecule has 1 aromatic rings. The maximum atomic E-state index is 12.5. The molecule has 0 aliphatic carbocycles. The van der Waals surface area contributed by atoms with Crippen molar-refractivity contribution in [2.45, 2.75) is 43.6 Å². The fraction of sp³-hybridized carbons (Fsp3) is 0.636. The molecule has 1 amide bonds. The Labute approximate surface area is 214 Å². The zero-order valence-corrected chi connectivity index (χ0v) is 20.3. The van der Waals surface area contributed by atoms with Crippen LogP contribution in [0, 0.1) is 0 Å². The Morgan fingerprint density at radius 2 is 1.53 bits per heavy atom. The van der Waals surface area contributed by atoms with Gasteiger partial charge in [0.1, 0.15) is 0 Å². The maximum absolute atomic E-state index is 12.5. The monoisotopic (exact) mass is 560 g/mol. The summed E-state index contributed by atoms with van der Waals surface area (Å²) in [6, 6.07) is 5.99. The lowest BCUT2D eigenvalue weighted by Crippen LogP contribution is -2.56. The van der Waals surface area contributed by atoms with Crippen LogP contribution >= 0.6 is 0 Å². The van der Waals surface area contributed by atoms with E-state index >= 15 is 0 Å². The van der Waals surface area contributed by atoms with Gasteiger partial charge in [0.25, 0.3) is 0 Å². The van der Waals surface area contributed by atoms with Crippen molar-refractivity contribution in [1.29, 1.82) is 0 Å². The number of hydrogen-bond acceptors (Lipinski definition) is 7. The number of morpholine rings is 1. The minimum Gasteiger partial charge on any atom is -0.475 e. The Kier molecular flexibility index (Phi) is 13.4. The van der Waals surface area contributed by atoms with E-state index in [1.807, 2.05) is 24.4 Å². The molecule has 2 aliphatic rings. The average Bonchev–Trinajstić information content (AvgIpc) is 2.84. The number of nitrogens with one attached hydrogen (secondary N) is 2. The van der Waals surface area contributed by atoms with Gasteiger partial charge in [-0.1, -0.05) is 6.07 Å². The van der Waals surface area contributed by atoms with Gasteiger partial charge in [-0.3, -0.25) is 14.7 Å². The number of hydrogen-bond donors (Lipinski definition) is 4. The number of rotatable bonds is 6. The van der Waals surface area contributed by atoms with Crippen LogP contribution < -0.4 is 10.6 Å². The molecule has 16 heteroatoms. The van der Waals surface area contributed by atoms with Gasteiger partial charge in [0, 0.05) is 49.9 Å². The second-order valence-corrected chi connectivity index (χ2v) is 8.39. The molecule has 1 aromatic heterocycles. The van der Waals surface area contributed by atoms with E-state index in [1.54, 1.807) is 0 Å². The van der Waals surface area contributed by atoms with Crippen molar-refractivity contribution in [3.8, 4) is 0 Å². The lowest BCUT2D eigenvalue weighted by atomic mass is 9.83. The van der Waals surface area contributed by atoms with E-state index in [9.17, 15) is 31.1 Å². The van der Waals surface area contributed by atoms with E-state index in [0.29, 0.717) is 6.42 Å². The summed E-state index contributed by atoms with van der Waals surface area (Å²) in [4.78, 5) is 37.1. The first-order valence-electron chi connectivity index (χ1n) is 11.5. The highest BCUT2D eigenvalue weighted by Gasteiger charge is 2.39. The molecule has 216 valence electrons. The van der Waals surface area contributed by atoms with Crippen LogP contribution in [0.3, 0.4) is 0 Å². The number of piperidine rings is 1. The van der Waals surface area contributed by atoms with E-state index in [-0.39, 0.29) is 11.4 Å². The molecule has 0 unspecified atom stereocenters. The number of carboxylic acids is 2. The third-order valence-corrected chi connectivity index (χ3v) is 5.45. The standard InChI is InChI=1S/C18H28N4O2.2C2HF3O2/c23-17(4-10-22-11-13-24-14-12-22)21-18(5-8-19-9-6-18)15-16-3-1-2-7-20-16;2*3-2(4,5)1(6)7/h1-3,7,19H,4-6,8-15H2,(H,21,23);2*(H,6,7). The van der Waals surface area contributed by atoms with Crippen LogP contribution in [0.5, 0.6) is 0 Å². The molecular weight excluding hydrogens is 530 g/mol. The van der Waals surface area contributed by atoms with Crippen molar-refractivity contribution >= 4 is 17.8 Å². The highest BCUT2D eigenvalue weighted by atomic mass is 19.4. The molecule has 10 nitrogen and oxygen atoms in total. The number of halogens is 6. The van der Waals surface area contributed by atoms with Gasteiger partial charge in [0.2, 0.25) is 5.91 Å². The largest absolute Gasteiger partial charge is 0.490 e. The summed E-state index contributed by atoms with van der Waals surface area (Å²) in [7, 11) is 0. The third-order valence-electron chi connectivity index (χ3n) is 5.45. The van der Waals surface area contributed by atoms with Crippen LogP contribution in [0.4, 0.5) is 26.3 Å². The quantitative estimate of drug-likeness (QED) is 0.384. The van der Waals surface area contributed by atoms with Crippen molar-refractivity contribution in [1.82, 2.24) is 20.5 Å². The highest BCUT2D eigenvalue weighted by molar-refractivity contribution is 5.77. The van der Waals surface area contributed by atoms with E-state index in [2.05, 4.69) is 20.5 Å². The summed E-state index contributed by atoms with van der Waals surface area (Å²) in [5, 5.41) is 21.0. The predicted molar refractivity (Wildman–Crippen MR) is 120 cm³/mol. The summed E-state index contributed by atoms with van der Waals surface area (Å²) >= 11 is 0. The Morgan fingerprint density at radius 3 is 1.97 bits per heavy atom. The zero-order chi connectivity index (χ0) is 28.8. The molecule has 0 aromatic carbocycles. The van der Waals surface area contributed by atoms with Gasteiger partial charge in [-0.05, 0) is 38.1 Å². The zero-order valence-electron chi connectivity index (χ0n) is 20.3. The third kappa shape index (κ3) is 13.5. The molecule has 3 rings (SSSR count). The lowest BCUT2D eigenvalue weighted by molar-refractivity contribution is -0.193. The van der Waals surface area contributed by atoms with Gasteiger partial charge < -0.3 is 25.6 Å². The van der Waals surface area contributed by atoms with Crippen LogP contribution in [-0.2, 0) is 25.5 Å². The lowest BCUT2D eigenvalue weighted by Gasteiger charge is -2.38. The molecule has 0 atom stereocenters. The number of carbonyl (C=O) groups excluding carboxylic acids is 1. The van der Waals surface area contributed by atoms with Crippen molar-refractivity contribution < 1.29 is 55.7 Å². The Morgan fingerprint density at radius 1 is 1.00 bits per heavy atom. The number of nitrogens with zero attached hydrogens (tertiary/aromatic N) is 2. The number of amides is 1. The number of alkyl halides is 6. The molecule has 0 saturated carbocycles. The molecule has 0 spiro atoms. The molecule has 0 radical (unpaired) electrons. The fourth-order valence-corrected chi connectivity index (χ4v) is 3.54. The first kappa shape index (κ1) is 33.0. The van der Waals surface area contributed by atoms with Crippen LogP contribution in [0.25, 0.3) is 0 Å². The Balaban J connectivity index is 0.000000426. The van der Waals surface area contributed by atoms with Crippen molar-refractivity contribution in [3.05, 3.63) is 30.1 Å². The van der Waals surface area contributed by atoms with Crippen molar-refractivity contribution in [2.24, 2.45) is 0 Å². The van der Waals surface area contributed by atoms with Crippen LogP contribution in [-0.4, -0.2) is 102 Å². The normalized spacial score (nSPS) is 17.6. The minimum absolute atomic E-state index is 0.152. The molecule has 0 bridgehead atoms. The molecule has 4 N–H and O–H groups in total. The second-order valence-electron chi connectivity index (χ2n) is 8.39. The van der Waals surface area contributed by atoms with Crippen LogP contribution in [0.1, 0.15) is 25.0 Å². The number of pyridine rings is 1. The van der Waals surface area contributed by atoms with Crippen LogP contribution in [0.2, 0.25) is 0 Å². The summed E-state index contributed by atoms with van der Waals surface area (Å²) in [6.07, 6.45) is -5.08. The van der Waals surface area contributed by atoms with Crippen LogP contribution in [0.15, 0.2) is 24.4 Å². The molecule has 2 aliphatic heterocycles. The van der Waals surface area contributed by atoms with Gasteiger partial charge in [-0.25, -0.2) is 9.59 Å². The average molecular weight is 560 g/mol. The highest BCUT2D eigenvalue weighted by Crippen LogP contribution is 2.23. The number of aromatic nitrogens is 1. The number of ether oxygens (including phenoxy) is 1. The van der Waals surface area contributed by atoms with Gasteiger partial charge in [-0.15, -0.1) is 0 Å². The predicted octanol–water partition coefficient (Wildman–Crippen LogP) is 1.85. The molecule has 2 saturated heterocycles. The number of aliphatic carboxylic acids is 2. The first-order chi connectivity index (χ1) is 17.6. The topological polar surface area (TPSA) is 141 Å². The summed E-state index contributed by atoms with van der Waals surface area (Å²) in [5.74, 6) is -5.36. The van der Waals surface area contributed by atoms with E-state index in [4.69, 9.17) is 24.5 Å². The maximum Gasteiger partial charge on any atom is 0.490 e. The van der Waals surface area contributed by atoms with E-state index < -0.39 is 24.3 Å². The first-order valence-corrected chi connectivity index (χ1v) is 11.5. The minimum atomic E-state index is -5.08. The van der Waals surface area contributed by atoms with Crippen molar-refractivity contribution in [3.63, 3.8) is 0 Å². The second kappa shape index (κ2) is 15.4.